The number of methoxy groups -OCH3 is 2. The first-order chi connectivity index (χ1) is 8.49. The summed E-state index contributed by atoms with van der Waals surface area (Å²) in [6.07, 6.45) is 0. The highest BCUT2D eigenvalue weighted by Gasteiger charge is 2.42. The first-order valence-corrected chi connectivity index (χ1v) is 4.91. The van der Waals surface area contributed by atoms with Crippen LogP contribution < -0.4 is 9.47 Å². The molecule has 1 aromatic carbocycles. The summed E-state index contributed by atoms with van der Waals surface area (Å²) in [5.41, 5.74) is -1.87. The molecule has 1 rings (SSSR count). The van der Waals surface area contributed by atoms with E-state index in [1.165, 1.54) is 32.4 Å². The lowest BCUT2D eigenvalue weighted by atomic mass is 10.0. The Balaban J connectivity index is 3.30. The molecule has 0 spiro atoms. The van der Waals surface area contributed by atoms with Crippen LogP contribution in [0, 0.1) is 10.1 Å². The fraction of sp³-hybridized carbons (Fsp3) is 0.364. The Bertz CT molecular complexity index is 461. The Morgan fingerprint density at radius 1 is 1.28 bits per heavy atom. The molecule has 7 nitrogen and oxygen atoms in total. The second kappa shape index (κ2) is 5.35. The van der Waals surface area contributed by atoms with E-state index >= 15 is 0 Å². The number of hydrogen-bond donors (Lipinski definition) is 0. The highest BCUT2D eigenvalue weighted by molar-refractivity contribution is 5.46. The minimum absolute atomic E-state index is 0.147. The van der Waals surface area contributed by atoms with Crippen molar-refractivity contribution >= 4 is 6.47 Å². The fourth-order valence-electron chi connectivity index (χ4n) is 1.41. The third-order valence-corrected chi connectivity index (χ3v) is 2.51. The molecular weight excluding hydrogens is 242 g/mol. The molecule has 0 saturated carbocycles. The van der Waals surface area contributed by atoms with Crippen molar-refractivity contribution in [2.75, 3.05) is 14.2 Å². The number of nitrogens with zero attached hydrogens (tertiary/aromatic N) is 1. The standard InChI is InChI=1S/C11H12NO6/c1-11(12(14)15,18-7-13)8-4-5-9(16-2)10(6-8)17-3/h4-6H,1-3H3. The van der Waals surface area contributed by atoms with Crippen LogP contribution in [0.25, 0.3) is 0 Å². The summed E-state index contributed by atoms with van der Waals surface area (Å²) >= 11 is 0. The van der Waals surface area contributed by atoms with Crippen molar-refractivity contribution in [1.82, 2.24) is 0 Å². The smallest absolute Gasteiger partial charge is 0.423 e. The minimum Gasteiger partial charge on any atom is -0.493 e. The summed E-state index contributed by atoms with van der Waals surface area (Å²) < 4.78 is 14.5. The molecule has 7 heteroatoms. The molecule has 0 bridgehead atoms. The lowest BCUT2D eigenvalue weighted by Gasteiger charge is -2.19. The van der Waals surface area contributed by atoms with Crippen LogP contribution in [-0.2, 0) is 15.3 Å². The molecule has 18 heavy (non-hydrogen) atoms. The topological polar surface area (TPSA) is 87.9 Å². The van der Waals surface area contributed by atoms with Crippen molar-refractivity contribution in [3.8, 4) is 11.5 Å². The Kier molecular flexibility index (Phi) is 4.09. The molecule has 1 atom stereocenters. The highest BCUT2D eigenvalue weighted by atomic mass is 16.7. The van der Waals surface area contributed by atoms with Crippen molar-refractivity contribution in [2.24, 2.45) is 0 Å². The first-order valence-electron chi connectivity index (χ1n) is 4.91. The molecule has 0 saturated heterocycles. The maximum absolute atomic E-state index is 11.0. The predicted molar refractivity (Wildman–Crippen MR) is 60.7 cm³/mol. The van der Waals surface area contributed by atoms with Gasteiger partial charge in [-0.3, -0.25) is 10.1 Å². The van der Waals surface area contributed by atoms with Crippen LogP contribution in [0.2, 0.25) is 0 Å². The number of carbonyl (C=O) groups excluding carboxylic acids is 1. The number of hydrogen-bond acceptors (Lipinski definition) is 6. The molecule has 0 fully saturated rings. The van der Waals surface area contributed by atoms with Gasteiger partial charge >= 0.3 is 12.2 Å². The summed E-state index contributed by atoms with van der Waals surface area (Å²) in [5.74, 6) is 0.722. The normalized spacial score (nSPS) is 13.3. The molecule has 0 aromatic heterocycles. The first kappa shape index (κ1) is 13.8. The zero-order chi connectivity index (χ0) is 13.8. The van der Waals surface area contributed by atoms with Gasteiger partial charge in [-0.1, -0.05) is 0 Å². The molecule has 1 aromatic rings. The Morgan fingerprint density at radius 3 is 2.33 bits per heavy atom. The lowest BCUT2D eigenvalue weighted by Crippen LogP contribution is -2.34. The van der Waals surface area contributed by atoms with Gasteiger partial charge in [0.25, 0.3) is 0 Å². The van der Waals surface area contributed by atoms with Gasteiger partial charge in [0.05, 0.1) is 31.6 Å². The van der Waals surface area contributed by atoms with Crippen LogP contribution in [0.1, 0.15) is 12.5 Å². The number of rotatable bonds is 6. The van der Waals surface area contributed by atoms with Crippen LogP contribution in [0.5, 0.6) is 11.5 Å². The van der Waals surface area contributed by atoms with Gasteiger partial charge in [0.1, 0.15) is 0 Å². The molecule has 0 aliphatic heterocycles. The molecule has 0 heterocycles. The minimum atomic E-state index is -2.01. The van der Waals surface area contributed by atoms with Crippen molar-refractivity contribution in [3.63, 3.8) is 0 Å². The van der Waals surface area contributed by atoms with Crippen molar-refractivity contribution in [3.05, 3.63) is 33.9 Å². The fourth-order valence-corrected chi connectivity index (χ4v) is 1.41. The predicted octanol–water partition coefficient (Wildman–Crippen LogP) is 1.24. The summed E-state index contributed by atoms with van der Waals surface area (Å²) in [6.45, 7) is 2.24. The average Bonchev–Trinajstić information content (AvgIpc) is 2.37. The van der Waals surface area contributed by atoms with E-state index in [0.29, 0.717) is 11.5 Å². The van der Waals surface area contributed by atoms with E-state index in [1.54, 1.807) is 0 Å². The van der Waals surface area contributed by atoms with E-state index < -0.39 is 10.6 Å². The van der Waals surface area contributed by atoms with Crippen LogP contribution in [0.4, 0.5) is 0 Å². The van der Waals surface area contributed by atoms with E-state index in [2.05, 4.69) is 4.74 Å². The van der Waals surface area contributed by atoms with Gasteiger partial charge in [-0.2, -0.15) is 0 Å². The zero-order valence-corrected chi connectivity index (χ0v) is 10.1. The van der Waals surface area contributed by atoms with Gasteiger partial charge in [-0.15, -0.1) is 0 Å². The Labute approximate surface area is 103 Å². The largest absolute Gasteiger partial charge is 0.493 e. The molecule has 1 unspecified atom stereocenters. The SMILES string of the molecule is COc1ccc(C(C)(O[C]=O)[N+](=O)[O-])cc1OC. The van der Waals surface area contributed by atoms with Crippen molar-refractivity contribution in [1.29, 1.82) is 0 Å². The number of nitro groups is 1. The average molecular weight is 254 g/mol. The third-order valence-electron chi connectivity index (χ3n) is 2.51. The summed E-state index contributed by atoms with van der Waals surface area (Å²) in [6, 6.07) is 4.28. The molecule has 97 valence electrons. The van der Waals surface area contributed by atoms with Gasteiger partial charge in [0.15, 0.2) is 11.5 Å². The molecule has 0 N–H and O–H groups in total. The van der Waals surface area contributed by atoms with E-state index in [9.17, 15) is 14.9 Å². The van der Waals surface area contributed by atoms with Crippen molar-refractivity contribution in [2.45, 2.75) is 12.6 Å². The second-order valence-electron chi connectivity index (χ2n) is 3.50. The van der Waals surface area contributed by atoms with Crippen LogP contribution in [-0.4, -0.2) is 25.6 Å². The molecule has 0 amide bonds. The molecule has 0 aliphatic carbocycles. The quantitative estimate of drug-likeness (QED) is 0.431. The number of benzene rings is 1. The van der Waals surface area contributed by atoms with Crippen molar-refractivity contribution < 1.29 is 23.9 Å². The van der Waals surface area contributed by atoms with E-state index in [0.717, 1.165) is 13.4 Å². The maximum Gasteiger partial charge on any atom is 0.423 e. The highest BCUT2D eigenvalue weighted by Crippen LogP contribution is 2.33. The van der Waals surface area contributed by atoms with Gasteiger partial charge in [-0.25, -0.2) is 4.79 Å². The summed E-state index contributed by atoms with van der Waals surface area (Å²) in [5, 5.41) is 11.0. The van der Waals surface area contributed by atoms with Crippen LogP contribution in [0.15, 0.2) is 18.2 Å². The molecular formula is C11H12NO6. The Morgan fingerprint density at radius 2 is 1.89 bits per heavy atom. The summed E-state index contributed by atoms with van der Waals surface area (Å²) in [4.78, 5) is 20.5. The van der Waals surface area contributed by atoms with Gasteiger partial charge in [-0.05, 0) is 18.2 Å². The van der Waals surface area contributed by atoms with Gasteiger partial charge in [0.2, 0.25) is 0 Å². The Hall–Kier alpha value is -2.31. The third kappa shape index (κ3) is 2.34. The van der Waals surface area contributed by atoms with E-state index in [-0.39, 0.29) is 5.56 Å². The monoisotopic (exact) mass is 254 g/mol. The van der Waals surface area contributed by atoms with E-state index in [4.69, 9.17) is 9.47 Å². The van der Waals surface area contributed by atoms with Gasteiger partial charge < -0.3 is 14.2 Å². The summed E-state index contributed by atoms with van der Waals surface area (Å²) in [7, 11) is 2.85. The maximum atomic E-state index is 11.0. The van der Waals surface area contributed by atoms with Crippen LogP contribution in [0.3, 0.4) is 0 Å². The molecule has 0 aliphatic rings. The van der Waals surface area contributed by atoms with Gasteiger partial charge in [0, 0.05) is 0 Å². The van der Waals surface area contributed by atoms with Crippen LogP contribution >= 0.6 is 0 Å². The number of ether oxygens (including phenoxy) is 3. The van der Waals surface area contributed by atoms with E-state index in [1.807, 2.05) is 0 Å². The second-order valence-corrected chi connectivity index (χ2v) is 3.50. The zero-order valence-electron chi connectivity index (χ0n) is 10.1. The molecule has 1 radical (unpaired) electrons. The lowest BCUT2D eigenvalue weighted by molar-refractivity contribution is -0.625.